The van der Waals surface area contributed by atoms with Gasteiger partial charge in [-0.25, -0.2) is 0 Å². The van der Waals surface area contributed by atoms with Gasteiger partial charge in [0.2, 0.25) is 0 Å². The zero-order valence-electron chi connectivity index (χ0n) is 48.8. The summed E-state index contributed by atoms with van der Waals surface area (Å²) >= 11 is 0. The van der Waals surface area contributed by atoms with Gasteiger partial charge in [-0.15, -0.1) is 0 Å². The van der Waals surface area contributed by atoms with E-state index in [2.05, 4.69) is 243 Å². The molecule has 2 heteroatoms. The standard InChI is InChI=1S/C75H90N2/c1-11-53(6)54-29-43-68(44-30-54)76(69-45-31-58(32-46-69)56-25-39-66(40-26-56)73(7,8)65-37-23-55(24-38-65)57-27-41-67(42-28-57)74(9,12-2)13-3)70-47-33-59(34-48-70)60-35-49-71(50-36-60)77(75(10,14-4)15-5)72-18-16-17-62(52-72)64-22-20-61-19-21-63(61)51-64/h17,23-31,33-35,37-45,47-49,51-53,61,64H,11-16,18-22,32,36,46,50H2,1-10H3. The van der Waals surface area contributed by atoms with Crippen LogP contribution in [0.1, 0.15) is 205 Å². The molecule has 3 atom stereocenters. The Hall–Kier alpha value is -6.12. The van der Waals surface area contributed by atoms with Crippen LogP contribution in [0.25, 0.3) is 22.3 Å². The second-order valence-electron chi connectivity index (χ2n) is 24.7. The first-order valence-corrected chi connectivity index (χ1v) is 30.3. The quantitative estimate of drug-likeness (QED) is 0.0761. The third-order valence-corrected chi connectivity index (χ3v) is 20.2. The lowest BCUT2D eigenvalue weighted by atomic mass is 9.68. The molecule has 5 aliphatic rings. The van der Waals surface area contributed by atoms with Crippen molar-refractivity contribution in [3.8, 4) is 11.1 Å². The maximum atomic E-state index is 2.80. The minimum Gasteiger partial charge on any atom is -0.343 e. The summed E-state index contributed by atoms with van der Waals surface area (Å²) in [4.78, 5) is 5.31. The molecule has 0 bridgehead atoms. The smallest absolute Gasteiger partial charge is 0.0458 e. The Labute approximate surface area is 466 Å². The third kappa shape index (κ3) is 11.2. The fraction of sp³-hybridized carbons (Fsp3) is 0.413. The van der Waals surface area contributed by atoms with E-state index in [-0.39, 0.29) is 16.4 Å². The minimum atomic E-state index is -0.124. The van der Waals surface area contributed by atoms with E-state index in [0.717, 1.165) is 76.5 Å². The lowest BCUT2D eigenvalue weighted by Gasteiger charge is -2.46. The van der Waals surface area contributed by atoms with Gasteiger partial charge in [0.25, 0.3) is 0 Å². The molecule has 77 heavy (non-hydrogen) atoms. The fourth-order valence-corrected chi connectivity index (χ4v) is 13.3. The normalized spacial score (nSPS) is 19.3. The Morgan fingerprint density at radius 2 is 1.01 bits per heavy atom. The van der Waals surface area contributed by atoms with Crippen molar-refractivity contribution in [3.63, 3.8) is 0 Å². The number of fused-ring (bicyclic) bond motifs is 1. The van der Waals surface area contributed by atoms with Crippen LogP contribution in [-0.4, -0.2) is 10.4 Å². The molecule has 0 aromatic heterocycles. The SMILES string of the molecule is CCC(C)c1ccc(N(C2=CC=C(c3ccc(C(C)(C)c4ccc(-c5ccc(C(C)(CC)CC)cc5)cc4)cc3)CC2)c2ccc(C3=CC=C(N(C4=CC(C5C=C6CCC6CC5)=CCC4)C(C)(CC)CC)CC3)cc2)cc1. The van der Waals surface area contributed by atoms with Gasteiger partial charge in [0.05, 0.1) is 0 Å². The van der Waals surface area contributed by atoms with Crippen LogP contribution < -0.4 is 4.90 Å². The number of hydrogen-bond acceptors (Lipinski definition) is 2. The van der Waals surface area contributed by atoms with Crippen LogP contribution in [0.4, 0.5) is 11.4 Å². The molecule has 5 aromatic carbocycles. The maximum Gasteiger partial charge on any atom is 0.0458 e. The van der Waals surface area contributed by atoms with E-state index in [1.165, 1.54) is 110 Å². The second-order valence-corrected chi connectivity index (χ2v) is 24.7. The Morgan fingerprint density at radius 3 is 1.49 bits per heavy atom. The van der Waals surface area contributed by atoms with Crippen LogP contribution in [0.5, 0.6) is 0 Å². The summed E-state index contributed by atoms with van der Waals surface area (Å²) in [7, 11) is 0. The van der Waals surface area contributed by atoms with E-state index in [1.807, 2.05) is 0 Å². The van der Waals surface area contributed by atoms with Crippen molar-refractivity contribution in [2.45, 2.75) is 188 Å². The molecule has 0 spiro atoms. The van der Waals surface area contributed by atoms with Gasteiger partial charge in [0.15, 0.2) is 0 Å². The molecule has 0 radical (unpaired) electrons. The molecule has 2 nitrogen and oxygen atoms in total. The molecule has 0 aliphatic heterocycles. The van der Waals surface area contributed by atoms with Crippen LogP contribution in [0.3, 0.4) is 0 Å². The molecule has 400 valence electrons. The summed E-state index contributed by atoms with van der Waals surface area (Å²) in [5.41, 5.74) is 23.8. The number of allylic oxidation sites excluding steroid dienone is 14. The molecule has 3 unspecified atom stereocenters. The minimum absolute atomic E-state index is 0.0909. The Morgan fingerprint density at radius 1 is 0.494 bits per heavy atom. The molecule has 0 heterocycles. The van der Waals surface area contributed by atoms with Crippen molar-refractivity contribution in [2.75, 3.05) is 4.90 Å². The predicted molar refractivity (Wildman–Crippen MR) is 332 cm³/mol. The van der Waals surface area contributed by atoms with Crippen molar-refractivity contribution in [3.05, 3.63) is 225 Å². The molecule has 1 saturated carbocycles. The molecular formula is C75H90N2. The predicted octanol–water partition coefficient (Wildman–Crippen LogP) is 21.5. The van der Waals surface area contributed by atoms with Crippen LogP contribution in [0.15, 0.2) is 192 Å². The van der Waals surface area contributed by atoms with E-state index >= 15 is 0 Å². The van der Waals surface area contributed by atoms with Gasteiger partial charge < -0.3 is 9.80 Å². The summed E-state index contributed by atoms with van der Waals surface area (Å²) in [6.45, 7) is 23.6. The van der Waals surface area contributed by atoms with Crippen LogP contribution >= 0.6 is 0 Å². The van der Waals surface area contributed by atoms with Gasteiger partial charge in [0.1, 0.15) is 0 Å². The highest BCUT2D eigenvalue weighted by atomic mass is 15.2. The third-order valence-electron chi connectivity index (χ3n) is 20.2. The molecule has 1 fully saturated rings. The molecule has 5 aromatic rings. The number of anilines is 2. The van der Waals surface area contributed by atoms with E-state index in [9.17, 15) is 0 Å². The highest BCUT2D eigenvalue weighted by molar-refractivity contribution is 5.76. The highest BCUT2D eigenvalue weighted by Gasteiger charge is 2.36. The summed E-state index contributed by atoms with van der Waals surface area (Å²) in [5.74, 6) is 2.03. The summed E-state index contributed by atoms with van der Waals surface area (Å²) < 4.78 is 0. The lowest BCUT2D eigenvalue weighted by molar-refractivity contribution is 0.165. The molecule has 0 amide bonds. The van der Waals surface area contributed by atoms with Crippen molar-refractivity contribution < 1.29 is 0 Å². The van der Waals surface area contributed by atoms with E-state index in [4.69, 9.17) is 0 Å². The Kier molecular flexibility index (Phi) is 16.3. The Balaban J connectivity index is 0.867. The van der Waals surface area contributed by atoms with Crippen molar-refractivity contribution in [1.29, 1.82) is 0 Å². The zero-order chi connectivity index (χ0) is 53.9. The average Bonchev–Trinajstić information content (AvgIpc) is 3.48. The van der Waals surface area contributed by atoms with Crippen molar-refractivity contribution >= 4 is 22.5 Å². The number of benzene rings is 5. The van der Waals surface area contributed by atoms with Crippen LogP contribution in [0, 0.1) is 11.8 Å². The number of rotatable bonds is 19. The van der Waals surface area contributed by atoms with Gasteiger partial charge >= 0.3 is 0 Å². The number of nitrogens with zero attached hydrogens (tertiary/aromatic N) is 2. The van der Waals surface area contributed by atoms with Crippen LogP contribution in [0.2, 0.25) is 0 Å². The Bertz CT molecular complexity index is 3080. The number of hydrogen-bond donors (Lipinski definition) is 0. The van der Waals surface area contributed by atoms with Gasteiger partial charge in [-0.2, -0.15) is 0 Å². The first kappa shape index (κ1) is 54.2. The van der Waals surface area contributed by atoms with Gasteiger partial charge in [-0.05, 0) is 224 Å². The summed E-state index contributed by atoms with van der Waals surface area (Å²) in [6, 6.07) is 46.8. The monoisotopic (exact) mass is 1020 g/mol. The molecule has 5 aliphatic carbocycles. The summed E-state index contributed by atoms with van der Waals surface area (Å²) in [6.07, 6.45) is 35.0. The first-order chi connectivity index (χ1) is 37.3. The molecular weight excluding hydrogens is 929 g/mol. The second kappa shape index (κ2) is 23.1. The zero-order valence-corrected chi connectivity index (χ0v) is 48.8. The van der Waals surface area contributed by atoms with Gasteiger partial charge in [-0.1, -0.05) is 189 Å². The van der Waals surface area contributed by atoms with E-state index < -0.39 is 0 Å². The lowest BCUT2D eigenvalue weighted by Crippen LogP contribution is -2.44. The topological polar surface area (TPSA) is 6.48 Å². The average molecular weight is 1020 g/mol. The fourth-order valence-electron chi connectivity index (χ4n) is 13.3. The van der Waals surface area contributed by atoms with Gasteiger partial charge in [-0.3, -0.25) is 0 Å². The van der Waals surface area contributed by atoms with E-state index in [0.29, 0.717) is 11.8 Å². The van der Waals surface area contributed by atoms with Gasteiger partial charge in [0, 0.05) is 45.3 Å². The van der Waals surface area contributed by atoms with Crippen LogP contribution in [-0.2, 0) is 10.8 Å². The highest BCUT2D eigenvalue weighted by Crippen LogP contribution is 2.47. The maximum absolute atomic E-state index is 2.80. The molecule has 0 saturated heterocycles. The molecule has 10 rings (SSSR count). The first-order valence-electron chi connectivity index (χ1n) is 30.3. The molecule has 0 N–H and O–H groups in total. The van der Waals surface area contributed by atoms with E-state index in [1.54, 1.807) is 11.1 Å². The largest absolute Gasteiger partial charge is 0.343 e. The van der Waals surface area contributed by atoms with Crippen molar-refractivity contribution in [1.82, 2.24) is 4.90 Å². The van der Waals surface area contributed by atoms with Crippen molar-refractivity contribution in [2.24, 2.45) is 11.8 Å². The summed E-state index contributed by atoms with van der Waals surface area (Å²) in [5, 5.41) is 0.